The Bertz CT molecular complexity index is 1210. The van der Waals surface area contributed by atoms with Gasteiger partial charge in [-0.1, -0.05) is 30.9 Å². The maximum absolute atomic E-state index is 12.6. The summed E-state index contributed by atoms with van der Waals surface area (Å²) in [4.78, 5) is 12.6. The average molecular weight is 457 g/mol. The van der Waals surface area contributed by atoms with E-state index in [9.17, 15) is 10.1 Å². The smallest absolute Gasteiger partial charge is 0.261 e. The summed E-state index contributed by atoms with van der Waals surface area (Å²) in [5, 5.41) is 17.2. The third kappa shape index (κ3) is 6.21. The van der Waals surface area contributed by atoms with Crippen molar-refractivity contribution in [3.8, 4) is 28.8 Å². The molecule has 174 valence electrons. The number of carbonyl (C=O) groups is 1. The predicted octanol–water partition coefficient (Wildman–Crippen LogP) is 4.47. The van der Waals surface area contributed by atoms with Gasteiger partial charge in [0.25, 0.3) is 5.91 Å². The Balaban J connectivity index is 2.01. The molecule has 0 aliphatic carbocycles. The Morgan fingerprint density at radius 2 is 2.06 bits per heavy atom. The number of nitrogens with zero attached hydrogens (tertiary/aromatic N) is 3. The van der Waals surface area contributed by atoms with Gasteiger partial charge < -0.3 is 14.8 Å². The van der Waals surface area contributed by atoms with Crippen LogP contribution in [0.2, 0.25) is 0 Å². The number of para-hydroxylation sites is 1. The number of hydrogen-bond acceptors (Lipinski definition) is 5. The largest absolute Gasteiger partial charge is 0.490 e. The number of hydrogen-bond donors (Lipinski definition) is 1. The van der Waals surface area contributed by atoms with Crippen molar-refractivity contribution in [2.24, 2.45) is 0 Å². The van der Waals surface area contributed by atoms with E-state index in [0.29, 0.717) is 37.4 Å². The second-order valence-electron chi connectivity index (χ2n) is 7.56. The van der Waals surface area contributed by atoms with Crippen molar-refractivity contribution in [1.29, 1.82) is 5.26 Å². The highest BCUT2D eigenvalue weighted by Gasteiger charge is 2.16. The summed E-state index contributed by atoms with van der Waals surface area (Å²) in [7, 11) is 1.61. The van der Waals surface area contributed by atoms with E-state index in [1.807, 2.05) is 67.7 Å². The lowest BCUT2D eigenvalue weighted by molar-refractivity contribution is -0.117. The van der Waals surface area contributed by atoms with Crippen molar-refractivity contribution >= 4 is 12.0 Å². The molecule has 3 rings (SSSR count). The Kier molecular flexibility index (Phi) is 8.78. The summed E-state index contributed by atoms with van der Waals surface area (Å²) in [5.74, 6) is 0.302. The normalized spacial score (nSPS) is 11.0. The molecular weight excluding hydrogens is 428 g/mol. The molecule has 0 fully saturated rings. The lowest BCUT2D eigenvalue weighted by Crippen LogP contribution is -2.26. The summed E-state index contributed by atoms with van der Waals surface area (Å²) in [6, 6.07) is 17.4. The topological polar surface area (TPSA) is 89.2 Å². The molecule has 1 N–H and O–H groups in total. The van der Waals surface area contributed by atoms with Gasteiger partial charge >= 0.3 is 0 Å². The minimum atomic E-state index is -0.429. The zero-order chi connectivity index (χ0) is 24.3. The Morgan fingerprint density at radius 3 is 2.74 bits per heavy atom. The molecule has 1 heterocycles. The SMILES string of the molecule is C=CCOc1ccc(-c2nn(-c3ccccc3)cc2C=C(C#N)C(=O)NCCCOC)c(C)c1. The van der Waals surface area contributed by atoms with Gasteiger partial charge in [0.05, 0.1) is 5.69 Å². The van der Waals surface area contributed by atoms with Crippen LogP contribution in [0.1, 0.15) is 17.5 Å². The van der Waals surface area contributed by atoms with Crippen LogP contribution in [0, 0.1) is 18.3 Å². The van der Waals surface area contributed by atoms with Crippen molar-refractivity contribution in [2.45, 2.75) is 13.3 Å². The van der Waals surface area contributed by atoms with Crippen molar-refractivity contribution in [2.75, 3.05) is 26.9 Å². The van der Waals surface area contributed by atoms with Gasteiger partial charge in [0, 0.05) is 37.6 Å². The predicted molar refractivity (Wildman–Crippen MR) is 133 cm³/mol. The van der Waals surface area contributed by atoms with Gasteiger partial charge in [-0.25, -0.2) is 4.68 Å². The van der Waals surface area contributed by atoms with E-state index in [4.69, 9.17) is 14.6 Å². The summed E-state index contributed by atoms with van der Waals surface area (Å²) in [6.45, 7) is 7.02. The molecule has 0 spiro atoms. The molecule has 2 aromatic carbocycles. The molecular formula is C27H28N4O3. The number of benzene rings is 2. The van der Waals surface area contributed by atoms with Gasteiger partial charge in [-0.2, -0.15) is 10.4 Å². The first kappa shape index (κ1) is 24.5. The zero-order valence-electron chi connectivity index (χ0n) is 19.5. The van der Waals surface area contributed by atoms with Crippen LogP contribution in [0.5, 0.6) is 5.75 Å². The highest BCUT2D eigenvalue weighted by molar-refractivity contribution is 6.02. The van der Waals surface area contributed by atoms with E-state index in [-0.39, 0.29) is 5.57 Å². The van der Waals surface area contributed by atoms with E-state index in [1.54, 1.807) is 23.9 Å². The molecule has 1 aromatic heterocycles. The summed E-state index contributed by atoms with van der Waals surface area (Å²) < 4.78 is 12.4. The molecule has 0 atom stereocenters. The Hall–Kier alpha value is -4.15. The minimum Gasteiger partial charge on any atom is -0.490 e. The van der Waals surface area contributed by atoms with Crippen LogP contribution >= 0.6 is 0 Å². The monoisotopic (exact) mass is 456 g/mol. The average Bonchev–Trinajstić information content (AvgIpc) is 3.28. The molecule has 7 nitrogen and oxygen atoms in total. The van der Waals surface area contributed by atoms with Crippen molar-refractivity contribution in [3.05, 3.63) is 84.1 Å². The van der Waals surface area contributed by atoms with Crippen LogP contribution in [0.15, 0.2) is 73.0 Å². The number of carbonyl (C=O) groups excluding carboxylic acids is 1. The van der Waals surface area contributed by atoms with Gasteiger partial charge in [0.2, 0.25) is 0 Å². The standard InChI is InChI=1S/C27H28N4O3/c1-4-14-34-24-11-12-25(20(2)16-24)26-22(19-31(30-26)23-9-6-5-7-10-23)17-21(18-28)27(32)29-13-8-15-33-3/h4-7,9-12,16-17,19H,1,8,13-15H2,2-3H3,(H,29,32). The van der Waals surface area contributed by atoms with Crippen LogP contribution in [0.3, 0.4) is 0 Å². The molecule has 0 saturated heterocycles. The molecule has 0 radical (unpaired) electrons. The second-order valence-corrected chi connectivity index (χ2v) is 7.56. The Labute approximate surface area is 199 Å². The summed E-state index contributed by atoms with van der Waals surface area (Å²) >= 11 is 0. The number of aryl methyl sites for hydroxylation is 1. The highest BCUT2D eigenvalue weighted by atomic mass is 16.5. The Morgan fingerprint density at radius 1 is 1.26 bits per heavy atom. The first-order valence-corrected chi connectivity index (χ1v) is 11.0. The van der Waals surface area contributed by atoms with Crippen LogP contribution < -0.4 is 10.1 Å². The van der Waals surface area contributed by atoms with Crippen molar-refractivity contribution in [3.63, 3.8) is 0 Å². The third-order valence-electron chi connectivity index (χ3n) is 5.06. The summed E-state index contributed by atoms with van der Waals surface area (Å²) in [6.07, 6.45) is 5.76. The third-order valence-corrected chi connectivity index (χ3v) is 5.06. The van der Waals surface area contributed by atoms with Gasteiger partial charge in [-0.05, 0) is 55.3 Å². The van der Waals surface area contributed by atoms with E-state index in [1.165, 1.54) is 0 Å². The van der Waals surface area contributed by atoms with E-state index < -0.39 is 5.91 Å². The molecule has 0 unspecified atom stereocenters. The lowest BCUT2D eigenvalue weighted by atomic mass is 10.0. The highest BCUT2D eigenvalue weighted by Crippen LogP contribution is 2.30. The number of nitrogens with one attached hydrogen (secondary N) is 1. The van der Waals surface area contributed by atoms with Gasteiger partial charge in [-0.3, -0.25) is 4.79 Å². The van der Waals surface area contributed by atoms with Gasteiger partial charge in [0.1, 0.15) is 29.7 Å². The molecule has 7 heteroatoms. The summed E-state index contributed by atoms with van der Waals surface area (Å²) in [5.41, 5.74) is 4.04. The molecule has 3 aromatic rings. The zero-order valence-corrected chi connectivity index (χ0v) is 19.5. The number of amides is 1. The first-order valence-electron chi connectivity index (χ1n) is 11.0. The number of aromatic nitrogens is 2. The second kappa shape index (κ2) is 12.2. The number of ether oxygens (including phenoxy) is 2. The van der Waals surface area contributed by atoms with Crippen LogP contribution in [-0.4, -0.2) is 42.6 Å². The molecule has 0 aliphatic rings. The lowest BCUT2D eigenvalue weighted by Gasteiger charge is -2.09. The van der Waals surface area contributed by atoms with E-state index >= 15 is 0 Å². The fraction of sp³-hybridized carbons (Fsp3) is 0.222. The molecule has 0 bridgehead atoms. The molecule has 1 amide bonds. The van der Waals surface area contributed by atoms with E-state index in [0.717, 1.165) is 22.6 Å². The van der Waals surface area contributed by atoms with Crippen LogP contribution in [0.25, 0.3) is 23.0 Å². The van der Waals surface area contributed by atoms with Gasteiger partial charge in [0.15, 0.2) is 0 Å². The van der Waals surface area contributed by atoms with Crippen LogP contribution in [0.4, 0.5) is 0 Å². The maximum Gasteiger partial charge on any atom is 0.261 e. The van der Waals surface area contributed by atoms with Crippen LogP contribution in [-0.2, 0) is 9.53 Å². The molecule has 34 heavy (non-hydrogen) atoms. The van der Waals surface area contributed by atoms with Crippen molar-refractivity contribution in [1.82, 2.24) is 15.1 Å². The maximum atomic E-state index is 12.6. The molecule has 0 saturated carbocycles. The fourth-order valence-electron chi connectivity index (χ4n) is 3.38. The van der Waals surface area contributed by atoms with Gasteiger partial charge in [-0.15, -0.1) is 0 Å². The van der Waals surface area contributed by atoms with E-state index in [2.05, 4.69) is 11.9 Å². The fourth-order valence-corrected chi connectivity index (χ4v) is 3.38. The molecule has 0 aliphatic heterocycles. The van der Waals surface area contributed by atoms with Crippen molar-refractivity contribution < 1.29 is 14.3 Å². The number of methoxy groups -OCH3 is 1. The minimum absolute atomic E-state index is 0.00914. The first-order chi connectivity index (χ1) is 16.6. The number of nitriles is 1. The quantitative estimate of drug-likeness (QED) is 0.199. The number of rotatable bonds is 11.